The van der Waals surface area contributed by atoms with Crippen LogP contribution in [0.2, 0.25) is 0 Å². The summed E-state index contributed by atoms with van der Waals surface area (Å²) >= 11 is 0. The van der Waals surface area contributed by atoms with Crippen molar-refractivity contribution < 1.29 is 28.6 Å². The molecule has 0 spiro atoms. The van der Waals surface area contributed by atoms with E-state index < -0.39 is 18.0 Å². The van der Waals surface area contributed by atoms with Crippen LogP contribution in [0.3, 0.4) is 0 Å². The molecule has 2 heterocycles. The molecule has 2 amide bonds. The summed E-state index contributed by atoms with van der Waals surface area (Å²) in [7, 11) is 0. The van der Waals surface area contributed by atoms with E-state index in [1.807, 2.05) is 54.6 Å². The van der Waals surface area contributed by atoms with Crippen LogP contribution in [0.15, 0.2) is 78.9 Å². The largest absolute Gasteiger partial charge is 0.389 e. The molecular weight excluding hydrogens is 487 g/mol. The van der Waals surface area contributed by atoms with Crippen LogP contribution in [0.4, 0.5) is 10.1 Å². The highest BCUT2D eigenvalue weighted by Gasteiger charge is 2.40. The van der Waals surface area contributed by atoms with E-state index in [0.29, 0.717) is 24.1 Å². The molecule has 2 fully saturated rings. The van der Waals surface area contributed by atoms with Gasteiger partial charge in [-0.05, 0) is 60.4 Å². The Labute approximate surface area is 221 Å². The Hall–Kier alpha value is -3.59. The fraction of sp³-hybridized carbons (Fsp3) is 0.333. The van der Waals surface area contributed by atoms with Gasteiger partial charge in [0.15, 0.2) is 0 Å². The molecule has 3 aromatic carbocycles. The van der Waals surface area contributed by atoms with Crippen LogP contribution < -0.4 is 5.32 Å². The van der Waals surface area contributed by atoms with Crippen LogP contribution in [-0.2, 0) is 14.3 Å². The topological polar surface area (TPSA) is 88.1 Å². The first-order chi connectivity index (χ1) is 18.5. The quantitative estimate of drug-likeness (QED) is 0.527. The molecule has 2 aliphatic heterocycles. The number of aliphatic hydroxyl groups is 1. The van der Waals surface area contributed by atoms with Gasteiger partial charge in [0.1, 0.15) is 11.9 Å². The van der Waals surface area contributed by atoms with E-state index in [1.165, 1.54) is 24.3 Å². The van der Waals surface area contributed by atoms with Gasteiger partial charge in [0.2, 0.25) is 5.91 Å². The molecule has 0 aromatic heterocycles. The summed E-state index contributed by atoms with van der Waals surface area (Å²) in [5, 5.41) is 13.3. The van der Waals surface area contributed by atoms with Crippen molar-refractivity contribution in [3.63, 3.8) is 0 Å². The fourth-order valence-electron chi connectivity index (χ4n) is 5.13. The molecule has 5 rings (SSSR count). The second kappa shape index (κ2) is 11.9. The lowest BCUT2D eigenvalue weighted by atomic mass is 9.94. The Balaban J connectivity index is 1.21. The number of nitrogens with one attached hydrogen (secondary N) is 1. The summed E-state index contributed by atoms with van der Waals surface area (Å²) in [6, 6.07) is 22.8. The third-order valence-corrected chi connectivity index (χ3v) is 7.02. The highest BCUT2D eigenvalue weighted by atomic mass is 19.1. The maximum atomic E-state index is 13.4. The van der Waals surface area contributed by atoms with E-state index >= 15 is 0 Å². The van der Waals surface area contributed by atoms with Crippen LogP contribution in [0.1, 0.15) is 29.6 Å². The van der Waals surface area contributed by atoms with Gasteiger partial charge in [-0.25, -0.2) is 4.39 Å². The zero-order valence-electron chi connectivity index (χ0n) is 21.0. The maximum Gasteiger partial charge on any atom is 0.254 e. The minimum atomic E-state index is -0.836. The van der Waals surface area contributed by atoms with Gasteiger partial charge < -0.3 is 24.8 Å². The zero-order valence-corrected chi connectivity index (χ0v) is 21.0. The van der Waals surface area contributed by atoms with Gasteiger partial charge >= 0.3 is 0 Å². The van der Waals surface area contributed by atoms with Crippen molar-refractivity contribution in [3.8, 4) is 11.1 Å². The SMILES string of the molecule is O=C(C[C@@H]1CC[C@H]2[C@@H](COC[C@@H](O)CN2C(=O)c2ccc(F)cc2)O1)Nc1ccc(-c2ccccc2)cc1. The smallest absolute Gasteiger partial charge is 0.254 e. The summed E-state index contributed by atoms with van der Waals surface area (Å²) in [4.78, 5) is 27.7. The standard InChI is InChI=1S/C30H31FN2O5/c31-23-10-6-22(7-11-23)30(36)33-17-25(34)18-37-19-28-27(33)15-14-26(38-28)16-29(35)32-24-12-8-21(9-13-24)20-4-2-1-3-5-20/h1-13,25-28,34H,14-19H2,(H,32,35)/t25-,26-,27-,28+/m0/s1. The number of amides is 2. The molecule has 2 saturated heterocycles. The average Bonchev–Trinajstić information content (AvgIpc) is 2.92. The maximum absolute atomic E-state index is 13.4. The number of fused-ring (bicyclic) bond motifs is 1. The van der Waals surface area contributed by atoms with E-state index in [-0.39, 0.29) is 50.1 Å². The molecule has 4 atom stereocenters. The lowest BCUT2D eigenvalue weighted by molar-refractivity contribution is -0.149. The van der Waals surface area contributed by atoms with Gasteiger partial charge in [-0.15, -0.1) is 0 Å². The van der Waals surface area contributed by atoms with Crippen LogP contribution in [0, 0.1) is 5.82 Å². The second-order valence-corrected chi connectivity index (χ2v) is 9.79. The van der Waals surface area contributed by atoms with Crippen molar-refractivity contribution in [2.75, 3.05) is 25.1 Å². The molecule has 8 heteroatoms. The number of halogens is 1. The first-order valence-corrected chi connectivity index (χ1v) is 12.9. The number of hydrogen-bond donors (Lipinski definition) is 2. The third-order valence-electron chi connectivity index (χ3n) is 7.02. The third kappa shape index (κ3) is 6.27. The van der Waals surface area contributed by atoms with Crippen molar-refractivity contribution in [2.45, 2.75) is 43.6 Å². The Morgan fingerprint density at radius 2 is 1.63 bits per heavy atom. The number of carbonyl (C=O) groups is 2. The number of nitrogens with zero attached hydrogens (tertiary/aromatic N) is 1. The molecule has 0 saturated carbocycles. The molecule has 0 unspecified atom stereocenters. The predicted octanol–water partition coefficient (Wildman–Crippen LogP) is 4.27. The van der Waals surface area contributed by atoms with E-state index in [0.717, 1.165) is 11.1 Å². The van der Waals surface area contributed by atoms with Crippen LogP contribution >= 0.6 is 0 Å². The molecule has 2 aliphatic rings. The Morgan fingerprint density at radius 3 is 2.37 bits per heavy atom. The number of β-amino-alcohol motifs (C(OH)–C–C–N with tert-alkyl or cyclic N) is 1. The zero-order chi connectivity index (χ0) is 26.5. The summed E-state index contributed by atoms with van der Waals surface area (Å²) in [6.07, 6.45) is -0.253. The van der Waals surface area contributed by atoms with E-state index in [9.17, 15) is 19.1 Å². The minimum absolute atomic E-state index is 0.0733. The van der Waals surface area contributed by atoms with E-state index in [2.05, 4.69) is 5.32 Å². The Kier molecular flexibility index (Phi) is 8.12. The van der Waals surface area contributed by atoms with Crippen molar-refractivity contribution in [1.82, 2.24) is 4.90 Å². The van der Waals surface area contributed by atoms with Gasteiger partial charge in [-0.2, -0.15) is 0 Å². The predicted molar refractivity (Wildman–Crippen MR) is 141 cm³/mol. The van der Waals surface area contributed by atoms with Crippen molar-refractivity contribution in [1.29, 1.82) is 0 Å². The van der Waals surface area contributed by atoms with Crippen LogP contribution in [0.5, 0.6) is 0 Å². The molecule has 7 nitrogen and oxygen atoms in total. The fourth-order valence-corrected chi connectivity index (χ4v) is 5.13. The average molecular weight is 519 g/mol. The number of ether oxygens (including phenoxy) is 2. The van der Waals surface area contributed by atoms with Crippen LogP contribution in [-0.4, -0.2) is 65.9 Å². The minimum Gasteiger partial charge on any atom is -0.389 e. The van der Waals surface area contributed by atoms with Gasteiger partial charge in [0.05, 0.1) is 37.9 Å². The Bertz CT molecular complexity index is 1240. The van der Waals surface area contributed by atoms with Gasteiger partial charge in [0.25, 0.3) is 5.91 Å². The van der Waals surface area contributed by atoms with Crippen molar-refractivity contribution in [2.24, 2.45) is 0 Å². The first-order valence-electron chi connectivity index (χ1n) is 12.9. The van der Waals surface area contributed by atoms with Crippen molar-refractivity contribution >= 4 is 17.5 Å². The van der Waals surface area contributed by atoms with Gasteiger partial charge in [-0.1, -0.05) is 42.5 Å². The Morgan fingerprint density at radius 1 is 0.921 bits per heavy atom. The number of hydrogen-bond acceptors (Lipinski definition) is 5. The second-order valence-electron chi connectivity index (χ2n) is 9.79. The van der Waals surface area contributed by atoms with Crippen molar-refractivity contribution in [3.05, 3.63) is 90.2 Å². The lowest BCUT2D eigenvalue weighted by Gasteiger charge is -2.44. The van der Waals surface area contributed by atoms with Gasteiger partial charge in [0, 0.05) is 17.8 Å². The number of rotatable bonds is 5. The summed E-state index contributed by atoms with van der Waals surface area (Å²) in [5.41, 5.74) is 3.23. The van der Waals surface area contributed by atoms with E-state index in [1.54, 1.807) is 4.90 Å². The number of benzene rings is 3. The monoisotopic (exact) mass is 518 g/mol. The summed E-state index contributed by atoms with van der Waals surface area (Å²) in [5.74, 6) is -0.864. The number of anilines is 1. The summed E-state index contributed by atoms with van der Waals surface area (Å²) in [6.45, 7) is 0.364. The van der Waals surface area contributed by atoms with E-state index in [4.69, 9.17) is 9.47 Å². The molecule has 198 valence electrons. The number of carbonyl (C=O) groups excluding carboxylic acids is 2. The van der Waals surface area contributed by atoms with Crippen LogP contribution in [0.25, 0.3) is 11.1 Å². The molecule has 3 aromatic rings. The highest BCUT2D eigenvalue weighted by molar-refractivity contribution is 5.94. The normalized spacial score (nSPS) is 23.6. The highest BCUT2D eigenvalue weighted by Crippen LogP contribution is 2.29. The summed E-state index contributed by atoms with van der Waals surface area (Å²) < 4.78 is 25.3. The molecular formula is C30H31FN2O5. The molecule has 38 heavy (non-hydrogen) atoms. The van der Waals surface area contributed by atoms with Gasteiger partial charge in [-0.3, -0.25) is 9.59 Å². The lowest BCUT2D eigenvalue weighted by Crippen LogP contribution is -2.57. The molecule has 0 radical (unpaired) electrons. The number of aliphatic hydroxyl groups excluding tert-OH is 1. The molecule has 2 N–H and O–H groups in total. The molecule has 0 aliphatic carbocycles. The first kappa shape index (κ1) is 26.0. The molecule has 0 bridgehead atoms.